The van der Waals surface area contributed by atoms with Crippen molar-refractivity contribution in [3.05, 3.63) is 81.4 Å². The molecule has 4 aromatic rings. The standard InChI is InChI=1S/C23H14Cl2N6O8S2/c24-21-29-22(25)31-23(30-21)27-9-5-6-12(14(7-9)40(34,35)36)28-13-8-15(41(37,38)39)18(26)17-16(13)19(32)10-3-1-2-4-11(10)20(17)33/h1-8,28H,26H2,(H,34,35,36)(H,37,38,39)(H,27,29,30,31)/p-2. The van der Waals surface area contributed by atoms with Gasteiger partial charge in [0.05, 0.1) is 38.0 Å². The van der Waals surface area contributed by atoms with Crippen molar-refractivity contribution in [3.8, 4) is 0 Å². The zero-order valence-corrected chi connectivity index (χ0v) is 23.0. The lowest BCUT2D eigenvalue weighted by molar-refractivity contribution is 0.0980. The average Bonchev–Trinajstić information content (AvgIpc) is 2.87. The molecule has 1 aromatic heterocycles. The van der Waals surface area contributed by atoms with Gasteiger partial charge in [0.2, 0.25) is 16.5 Å². The number of nitrogens with zero attached hydrogens (tertiary/aromatic N) is 3. The highest BCUT2D eigenvalue weighted by atomic mass is 35.5. The van der Waals surface area contributed by atoms with Crippen LogP contribution in [0.2, 0.25) is 10.6 Å². The normalized spacial score (nSPS) is 13.0. The van der Waals surface area contributed by atoms with Gasteiger partial charge >= 0.3 is 0 Å². The molecule has 0 unspecified atom stereocenters. The van der Waals surface area contributed by atoms with Gasteiger partial charge in [-0.1, -0.05) is 24.3 Å². The Morgan fingerprint density at radius 3 is 1.83 bits per heavy atom. The fraction of sp³-hybridized carbons (Fsp3) is 0. The van der Waals surface area contributed by atoms with Gasteiger partial charge in [-0.3, -0.25) is 9.59 Å². The summed E-state index contributed by atoms with van der Waals surface area (Å²) in [4.78, 5) is 36.0. The molecule has 1 aliphatic carbocycles. The third-order valence-corrected chi connectivity index (χ3v) is 7.92. The molecule has 3 aromatic carbocycles. The van der Waals surface area contributed by atoms with E-state index in [1.54, 1.807) is 0 Å². The Hall–Kier alpha value is -4.19. The molecule has 1 heterocycles. The van der Waals surface area contributed by atoms with Crippen molar-refractivity contribution in [2.24, 2.45) is 0 Å². The fourth-order valence-corrected chi connectivity index (χ4v) is 5.82. The van der Waals surface area contributed by atoms with Gasteiger partial charge in [-0.15, -0.1) is 0 Å². The van der Waals surface area contributed by atoms with E-state index in [0.29, 0.717) is 6.07 Å². The number of nitrogens with one attached hydrogen (secondary N) is 2. The van der Waals surface area contributed by atoms with Crippen molar-refractivity contribution in [1.82, 2.24) is 15.0 Å². The number of aromatic nitrogens is 3. The molecule has 0 aliphatic heterocycles. The highest BCUT2D eigenvalue weighted by Gasteiger charge is 2.35. The Labute approximate surface area is 241 Å². The van der Waals surface area contributed by atoms with Crippen LogP contribution in [-0.4, -0.2) is 52.5 Å². The molecule has 0 fully saturated rings. The Kier molecular flexibility index (Phi) is 6.93. The predicted molar refractivity (Wildman–Crippen MR) is 143 cm³/mol. The molecule has 0 amide bonds. The third-order valence-electron chi connectivity index (χ3n) is 5.83. The molecule has 18 heteroatoms. The lowest BCUT2D eigenvalue weighted by Gasteiger charge is -2.25. The summed E-state index contributed by atoms with van der Waals surface area (Å²) >= 11 is 11.5. The van der Waals surface area contributed by atoms with Crippen LogP contribution in [0.15, 0.2) is 58.3 Å². The van der Waals surface area contributed by atoms with Crippen LogP contribution in [0.4, 0.5) is 28.7 Å². The second kappa shape index (κ2) is 10.0. The SMILES string of the molecule is Nc1c(S(=O)(=O)[O-])cc(Nc2ccc(Nc3nc(Cl)nc(Cl)n3)cc2S(=O)(=O)[O-])c2c1C(=O)c1ccccc1C2=O. The van der Waals surface area contributed by atoms with Crippen LogP contribution in [-0.2, 0) is 20.2 Å². The number of carbonyl (C=O) groups excluding carboxylic acids is 2. The fourth-order valence-electron chi connectivity index (χ4n) is 4.17. The van der Waals surface area contributed by atoms with E-state index in [9.17, 15) is 35.5 Å². The quantitative estimate of drug-likeness (QED) is 0.180. The van der Waals surface area contributed by atoms with E-state index >= 15 is 0 Å². The van der Waals surface area contributed by atoms with Crippen LogP contribution in [0.1, 0.15) is 31.8 Å². The lowest BCUT2D eigenvalue weighted by Crippen LogP contribution is -2.25. The maximum atomic E-state index is 13.5. The first-order valence-corrected chi connectivity index (χ1v) is 14.5. The molecule has 1 aliphatic rings. The molecular formula is C23H12Cl2N6O8S2-2. The summed E-state index contributed by atoms with van der Waals surface area (Å²) in [6.45, 7) is 0. The monoisotopic (exact) mass is 634 g/mol. The van der Waals surface area contributed by atoms with E-state index in [2.05, 4.69) is 25.6 Å². The molecule has 0 atom stereocenters. The summed E-state index contributed by atoms with van der Waals surface area (Å²) in [5.74, 6) is -1.80. The smallest absolute Gasteiger partial charge is 0.232 e. The van der Waals surface area contributed by atoms with E-state index < -0.39 is 69.8 Å². The zero-order valence-electron chi connectivity index (χ0n) is 19.9. The van der Waals surface area contributed by atoms with Gasteiger partial charge < -0.3 is 25.5 Å². The first-order chi connectivity index (χ1) is 19.1. The van der Waals surface area contributed by atoms with Crippen molar-refractivity contribution in [2.45, 2.75) is 9.79 Å². The number of benzene rings is 3. The number of fused-ring (bicyclic) bond motifs is 2. The minimum atomic E-state index is -5.30. The molecular weight excluding hydrogens is 623 g/mol. The van der Waals surface area contributed by atoms with Crippen LogP contribution in [0.5, 0.6) is 0 Å². The maximum absolute atomic E-state index is 13.5. The van der Waals surface area contributed by atoms with Crippen molar-refractivity contribution in [1.29, 1.82) is 0 Å². The van der Waals surface area contributed by atoms with Gasteiger partial charge in [0.15, 0.2) is 11.6 Å². The summed E-state index contributed by atoms with van der Waals surface area (Å²) in [7, 11) is -10.5. The minimum absolute atomic E-state index is 0.0225. The maximum Gasteiger partial charge on any atom is 0.232 e. The molecule has 0 bridgehead atoms. The highest BCUT2D eigenvalue weighted by Crippen LogP contribution is 2.41. The van der Waals surface area contributed by atoms with Crippen LogP contribution in [0.25, 0.3) is 0 Å². The second-order valence-electron chi connectivity index (χ2n) is 8.36. The molecule has 4 N–H and O–H groups in total. The number of nitrogen functional groups attached to an aromatic ring is 1. The second-order valence-corrected chi connectivity index (χ2v) is 11.7. The van der Waals surface area contributed by atoms with E-state index in [4.69, 9.17) is 28.9 Å². The van der Waals surface area contributed by atoms with Crippen molar-refractivity contribution in [3.63, 3.8) is 0 Å². The highest BCUT2D eigenvalue weighted by molar-refractivity contribution is 7.86. The molecule has 41 heavy (non-hydrogen) atoms. The van der Waals surface area contributed by atoms with Gasteiger partial charge in [0.25, 0.3) is 0 Å². The van der Waals surface area contributed by atoms with Crippen molar-refractivity contribution >= 4 is 83.7 Å². The third kappa shape index (κ3) is 5.31. The van der Waals surface area contributed by atoms with Crippen LogP contribution < -0.4 is 16.4 Å². The number of carbonyl (C=O) groups is 2. The zero-order chi connectivity index (χ0) is 29.9. The van der Waals surface area contributed by atoms with Crippen molar-refractivity contribution < 1.29 is 35.5 Å². The summed E-state index contributed by atoms with van der Waals surface area (Å²) in [5.41, 5.74) is 3.12. The summed E-state index contributed by atoms with van der Waals surface area (Å²) < 4.78 is 72.7. The van der Waals surface area contributed by atoms with Crippen LogP contribution in [0.3, 0.4) is 0 Å². The molecule has 14 nitrogen and oxygen atoms in total. The largest absolute Gasteiger partial charge is 0.744 e. The first kappa shape index (κ1) is 28.3. The minimum Gasteiger partial charge on any atom is -0.744 e. The molecule has 0 saturated carbocycles. The number of ketones is 2. The van der Waals surface area contributed by atoms with Crippen molar-refractivity contribution in [2.75, 3.05) is 16.4 Å². The molecule has 0 radical (unpaired) electrons. The number of halogens is 2. The number of rotatable bonds is 6. The number of hydrogen-bond donors (Lipinski definition) is 3. The lowest BCUT2D eigenvalue weighted by atomic mass is 9.82. The molecule has 0 spiro atoms. The van der Waals surface area contributed by atoms with Gasteiger partial charge in [-0.2, -0.15) is 15.0 Å². The van der Waals surface area contributed by atoms with E-state index in [1.807, 2.05) is 0 Å². The summed E-state index contributed by atoms with van der Waals surface area (Å²) in [6.07, 6.45) is 0. The van der Waals surface area contributed by atoms with E-state index in [0.717, 1.165) is 12.1 Å². The van der Waals surface area contributed by atoms with Gasteiger partial charge in [-0.25, -0.2) is 16.8 Å². The Morgan fingerprint density at radius 2 is 1.27 bits per heavy atom. The Bertz CT molecular complexity index is 2020. The molecule has 0 saturated heterocycles. The predicted octanol–water partition coefficient (Wildman–Crippen LogP) is 2.83. The Balaban J connectivity index is 1.68. The molecule has 210 valence electrons. The Morgan fingerprint density at radius 1 is 0.707 bits per heavy atom. The number of hydrogen-bond acceptors (Lipinski definition) is 14. The topological polar surface area (TPSA) is 237 Å². The summed E-state index contributed by atoms with van der Waals surface area (Å²) in [6, 6.07) is 9.57. The van der Waals surface area contributed by atoms with Gasteiger partial charge in [-0.05, 0) is 47.5 Å². The van der Waals surface area contributed by atoms with E-state index in [-0.39, 0.29) is 33.3 Å². The first-order valence-electron chi connectivity index (χ1n) is 11.0. The van der Waals surface area contributed by atoms with Gasteiger partial charge in [0, 0.05) is 16.8 Å². The van der Waals surface area contributed by atoms with Crippen LogP contribution in [0, 0.1) is 0 Å². The molecule has 5 rings (SSSR count). The van der Waals surface area contributed by atoms with Gasteiger partial charge in [0.1, 0.15) is 20.2 Å². The van der Waals surface area contributed by atoms with Crippen LogP contribution >= 0.6 is 23.2 Å². The number of anilines is 5. The summed E-state index contributed by atoms with van der Waals surface area (Å²) in [5, 5.41) is 4.56. The van der Waals surface area contributed by atoms with E-state index in [1.165, 1.54) is 30.3 Å². The number of nitrogens with two attached hydrogens (primary N) is 1. The average molecular weight is 635 g/mol.